The molecule has 0 bridgehead atoms. The third-order valence-corrected chi connectivity index (χ3v) is 9.82. The molecule has 46 heavy (non-hydrogen) atoms. The Kier molecular flexibility index (Phi) is 5.88. The molecule has 218 valence electrons. The second-order valence-electron chi connectivity index (χ2n) is 12.8. The van der Waals surface area contributed by atoms with Crippen molar-refractivity contribution in [1.29, 1.82) is 0 Å². The largest absolute Gasteiger partial charge is 0.317 e. The summed E-state index contributed by atoms with van der Waals surface area (Å²) < 4.78 is 0. The molecule has 0 amide bonds. The highest BCUT2D eigenvalue weighted by atomic mass is 15.1. The van der Waals surface area contributed by atoms with Crippen LogP contribution in [0.5, 0.6) is 0 Å². The van der Waals surface area contributed by atoms with Crippen LogP contribution >= 0.6 is 0 Å². The van der Waals surface area contributed by atoms with E-state index in [1.165, 1.54) is 49.8 Å². The minimum Gasteiger partial charge on any atom is -0.317 e. The highest BCUT2D eigenvalue weighted by molar-refractivity contribution is 6.10. The van der Waals surface area contributed by atoms with Gasteiger partial charge in [0, 0.05) is 33.8 Å². The maximum atomic E-state index is 5.14. The maximum absolute atomic E-state index is 5.14. The molecule has 0 radical (unpaired) electrons. The van der Waals surface area contributed by atoms with Gasteiger partial charge in [-0.1, -0.05) is 123 Å². The van der Waals surface area contributed by atoms with Crippen LogP contribution in [-0.2, 0) is 5.41 Å². The molecule has 0 spiro atoms. The molecule has 0 saturated carbocycles. The predicted octanol–water partition coefficient (Wildman–Crippen LogP) is 11.7. The van der Waals surface area contributed by atoms with E-state index in [1.54, 1.807) is 0 Å². The average Bonchev–Trinajstić information content (AvgIpc) is 3.35. The number of aromatic nitrogens is 1. The average molecular weight is 589 g/mol. The molecule has 0 unspecified atom stereocenters. The van der Waals surface area contributed by atoms with E-state index in [-0.39, 0.29) is 5.41 Å². The molecule has 2 heterocycles. The molecule has 1 aromatic heterocycles. The van der Waals surface area contributed by atoms with Crippen molar-refractivity contribution in [1.82, 2.24) is 4.98 Å². The smallest absolute Gasteiger partial charge is 0.0715 e. The van der Waals surface area contributed by atoms with E-state index in [0.29, 0.717) is 0 Å². The van der Waals surface area contributed by atoms with Crippen molar-refractivity contribution in [3.05, 3.63) is 168 Å². The van der Waals surface area contributed by atoms with Crippen molar-refractivity contribution in [2.45, 2.75) is 19.3 Å². The van der Waals surface area contributed by atoms with Gasteiger partial charge in [-0.25, -0.2) is 4.98 Å². The number of hydrogen-bond acceptors (Lipinski definition) is 2. The molecular formula is C44H32N2. The van der Waals surface area contributed by atoms with E-state index in [9.17, 15) is 0 Å². The molecule has 6 aromatic carbocycles. The summed E-state index contributed by atoms with van der Waals surface area (Å²) in [6, 6.07) is 52.3. The monoisotopic (exact) mass is 588 g/mol. The first-order valence-corrected chi connectivity index (χ1v) is 16.0. The zero-order chi connectivity index (χ0) is 30.8. The molecule has 1 aliphatic carbocycles. The van der Waals surface area contributed by atoms with Gasteiger partial charge in [-0.3, -0.25) is 0 Å². The fraction of sp³-hybridized carbons (Fsp3) is 0.0682. The van der Waals surface area contributed by atoms with E-state index in [0.717, 1.165) is 33.8 Å². The molecule has 0 saturated heterocycles. The Morgan fingerprint density at radius 1 is 0.543 bits per heavy atom. The Balaban J connectivity index is 1.13. The van der Waals surface area contributed by atoms with E-state index in [4.69, 9.17) is 4.98 Å². The van der Waals surface area contributed by atoms with Gasteiger partial charge < -0.3 is 4.90 Å². The zero-order valence-corrected chi connectivity index (χ0v) is 25.9. The Morgan fingerprint density at radius 3 is 1.93 bits per heavy atom. The van der Waals surface area contributed by atoms with E-state index >= 15 is 0 Å². The highest BCUT2D eigenvalue weighted by Gasteiger charge is 2.38. The van der Waals surface area contributed by atoms with Gasteiger partial charge in [0.05, 0.1) is 17.1 Å². The van der Waals surface area contributed by atoms with Crippen LogP contribution in [0.25, 0.3) is 61.6 Å². The molecule has 2 nitrogen and oxygen atoms in total. The zero-order valence-electron chi connectivity index (χ0n) is 25.9. The molecule has 0 N–H and O–H groups in total. The van der Waals surface area contributed by atoms with Crippen LogP contribution in [0.1, 0.15) is 30.5 Å². The van der Waals surface area contributed by atoms with E-state index < -0.39 is 0 Å². The highest BCUT2D eigenvalue weighted by Crippen LogP contribution is 2.54. The van der Waals surface area contributed by atoms with Gasteiger partial charge in [-0.05, 0) is 86.8 Å². The first kappa shape index (κ1) is 26.7. The second kappa shape index (κ2) is 10.2. The lowest BCUT2D eigenvalue weighted by molar-refractivity contribution is 0.661. The molecule has 2 heteroatoms. The molecular weight excluding hydrogens is 556 g/mol. The van der Waals surface area contributed by atoms with Crippen LogP contribution in [0.4, 0.5) is 11.4 Å². The summed E-state index contributed by atoms with van der Waals surface area (Å²) in [6.45, 7) is 4.71. The molecule has 2 aliphatic rings. The molecule has 0 atom stereocenters. The lowest BCUT2D eigenvalue weighted by Crippen LogP contribution is -2.16. The van der Waals surface area contributed by atoms with Crippen molar-refractivity contribution in [2.75, 3.05) is 4.90 Å². The Bertz CT molecular complexity index is 2260. The first-order valence-electron chi connectivity index (χ1n) is 16.0. The van der Waals surface area contributed by atoms with Crippen molar-refractivity contribution in [3.63, 3.8) is 0 Å². The van der Waals surface area contributed by atoms with E-state index in [1.807, 2.05) is 6.07 Å². The van der Waals surface area contributed by atoms with Crippen LogP contribution < -0.4 is 4.90 Å². The summed E-state index contributed by atoms with van der Waals surface area (Å²) in [4.78, 5) is 7.46. The lowest BCUT2D eigenvalue weighted by atomic mass is 9.81. The number of benzene rings is 6. The number of fused-ring (bicyclic) bond motifs is 4. The Morgan fingerprint density at radius 2 is 1.20 bits per heavy atom. The number of pyridine rings is 1. The number of rotatable bonds is 4. The van der Waals surface area contributed by atoms with Crippen LogP contribution in [0.15, 0.2) is 152 Å². The van der Waals surface area contributed by atoms with Gasteiger partial charge in [-0.2, -0.15) is 0 Å². The van der Waals surface area contributed by atoms with Gasteiger partial charge in [-0.15, -0.1) is 0 Å². The van der Waals surface area contributed by atoms with Gasteiger partial charge >= 0.3 is 0 Å². The fourth-order valence-corrected chi connectivity index (χ4v) is 7.49. The standard InChI is InChI=1S/C44H32N2/c1-44(2)37-18-10-9-17-35(37)43-36-24-25-46(41-19-11-16-32(42(36)41)26-38(43)44)34-22-20-31(21-23-34)40-28-33(29-12-5-3-6-13-29)27-39(45-40)30-14-7-4-8-15-30/h3-28H,1-2H3. The lowest BCUT2D eigenvalue weighted by Gasteiger charge is -2.29. The summed E-state index contributed by atoms with van der Waals surface area (Å²) >= 11 is 0. The molecule has 9 rings (SSSR count). The number of anilines is 2. The normalized spacial score (nSPS) is 13.9. The van der Waals surface area contributed by atoms with Crippen LogP contribution in [0, 0.1) is 0 Å². The van der Waals surface area contributed by atoms with Crippen molar-refractivity contribution >= 4 is 28.2 Å². The number of hydrogen-bond donors (Lipinski definition) is 0. The van der Waals surface area contributed by atoms with Gasteiger partial charge in [0.25, 0.3) is 0 Å². The quantitative estimate of drug-likeness (QED) is 0.203. The topological polar surface area (TPSA) is 16.1 Å². The van der Waals surface area contributed by atoms with Crippen LogP contribution in [0.3, 0.4) is 0 Å². The first-order chi connectivity index (χ1) is 22.6. The summed E-state index contributed by atoms with van der Waals surface area (Å²) in [5.41, 5.74) is 15.7. The minimum atomic E-state index is -0.0281. The SMILES string of the molecule is CC1(C)c2ccccc2-c2c1cc1cccc3c1c2C=CN3c1ccc(-c2cc(-c3ccccc3)cc(-c3ccccc3)n2)cc1. The van der Waals surface area contributed by atoms with Crippen molar-refractivity contribution in [2.24, 2.45) is 0 Å². The third-order valence-electron chi connectivity index (χ3n) is 9.82. The summed E-state index contributed by atoms with van der Waals surface area (Å²) in [6.07, 6.45) is 4.55. The molecule has 7 aromatic rings. The summed E-state index contributed by atoms with van der Waals surface area (Å²) in [7, 11) is 0. The van der Waals surface area contributed by atoms with Gasteiger partial charge in [0.1, 0.15) is 0 Å². The minimum absolute atomic E-state index is 0.0281. The predicted molar refractivity (Wildman–Crippen MR) is 193 cm³/mol. The maximum Gasteiger partial charge on any atom is 0.0715 e. The van der Waals surface area contributed by atoms with Crippen LogP contribution in [0.2, 0.25) is 0 Å². The third kappa shape index (κ3) is 4.07. The summed E-state index contributed by atoms with van der Waals surface area (Å²) in [5, 5.41) is 2.60. The summed E-state index contributed by atoms with van der Waals surface area (Å²) in [5.74, 6) is 0. The Labute approximate surface area is 270 Å². The molecule has 1 aliphatic heterocycles. The van der Waals surface area contributed by atoms with Gasteiger partial charge in [0.15, 0.2) is 0 Å². The van der Waals surface area contributed by atoms with Crippen molar-refractivity contribution in [3.8, 4) is 44.8 Å². The van der Waals surface area contributed by atoms with Crippen molar-refractivity contribution < 1.29 is 0 Å². The fourth-order valence-electron chi connectivity index (χ4n) is 7.49. The van der Waals surface area contributed by atoms with E-state index in [2.05, 4.69) is 171 Å². The van der Waals surface area contributed by atoms with Gasteiger partial charge in [0.2, 0.25) is 0 Å². The second-order valence-corrected chi connectivity index (χ2v) is 12.8. The number of nitrogens with zero attached hydrogens (tertiary/aromatic N) is 2. The molecule has 0 fully saturated rings. The Hall–Kier alpha value is -5.73. The van der Waals surface area contributed by atoms with Crippen LogP contribution in [-0.4, -0.2) is 4.98 Å².